The highest BCUT2D eigenvalue weighted by atomic mass is 16.5. The van der Waals surface area contributed by atoms with E-state index >= 15 is 0 Å². The highest BCUT2D eigenvalue weighted by Gasteiger charge is 2.25. The van der Waals surface area contributed by atoms with Crippen LogP contribution in [0.1, 0.15) is 43.8 Å². The van der Waals surface area contributed by atoms with E-state index in [-0.39, 0.29) is 0 Å². The lowest BCUT2D eigenvalue weighted by Gasteiger charge is -2.24. The molecule has 1 aliphatic rings. The van der Waals surface area contributed by atoms with Gasteiger partial charge >= 0.3 is 0 Å². The van der Waals surface area contributed by atoms with Crippen molar-refractivity contribution < 1.29 is 9.47 Å². The molecule has 0 saturated heterocycles. The largest absolute Gasteiger partial charge is 0.490 e. The molecule has 1 aliphatic carbocycles. The second-order valence-electron chi connectivity index (χ2n) is 5.33. The number of rotatable bonds is 6. The smallest absolute Gasteiger partial charge is 0.170 e. The number of ether oxygens (including phenoxy) is 2. The molecule has 0 spiro atoms. The zero-order valence-electron chi connectivity index (χ0n) is 12.6. The molecule has 1 saturated carbocycles. The van der Waals surface area contributed by atoms with E-state index in [1.165, 1.54) is 19.3 Å². The van der Waals surface area contributed by atoms with E-state index in [1.54, 1.807) is 0 Å². The Morgan fingerprint density at radius 1 is 1.14 bits per heavy atom. The Hall–Kier alpha value is -2.04. The van der Waals surface area contributed by atoms with Crippen molar-refractivity contribution in [1.29, 1.82) is 0 Å². The van der Waals surface area contributed by atoms with Crippen molar-refractivity contribution in [2.45, 2.75) is 38.7 Å². The summed E-state index contributed by atoms with van der Waals surface area (Å²) in [6, 6.07) is 7.70. The van der Waals surface area contributed by atoms with Gasteiger partial charge in [0.15, 0.2) is 17.3 Å². The Kier molecular flexibility index (Phi) is 4.08. The quantitative estimate of drug-likeness (QED) is 0.819. The predicted molar refractivity (Wildman–Crippen MR) is 79.5 cm³/mol. The maximum absolute atomic E-state index is 5.85. The van der Waals surface area contributed by atoms with Gasteiger partial charge in [0.05, 0.1) is 6.61 Å². The van der Waals surface area contributed by atoms with Gasteiger partial charge in [-0.3, -0.25) is 0 Å². The molecular formula is C16H21N3O2. The first-order valence-electron chi connectivity index (χ1n) is 7.52. The fraction of sp³-hybridized carbons (Fsp3) is 0.500. The first-order chi connectivity index (χ1) is 10.3. The molecule has 0 amide bonds. The molecule has 5 heteroatoms. The molecule has 5 nitrogen and oxygen atoms in total. The summed E-state index contributed by atoms with van der Waals surface area (Å²) in [5.74, 6) is 4.02. The molecule has 1 aromatic carbocycles. The van der Waals surface area contributed by atoms with Crippen molar-refractivity contribution in [3.05, 3.63) is 35.9 Å². The Labute approximate surface area is 124 Å². The average molecular weight is 287 g/mol. The standard InChI is InChI=1S/C16H21N3O2/c1-3-20-13-9-4-5-10-14(13)21-11-15-17-18-16(19(15)2)12-7-6-8-12/h4-5,9-10,12H,3,6-8,11H2,1-2H3. The van der Waals surface area contributed by atoms with Crippen molar-refractivity contribution in [3.8, 4) is 11.5 Å². The first kappa shape index (κ1) is 13.9. The van der Waals surface area contributed by atoms with Crippen LogP contribution in [0.2, 0.25) is 0 Å². The van der Waals surface area contributed by atoms with Gasteiger partial charge in [-0.05, 0) is 31.9 Å². The van der Waals surface area contributed by atoms with Gasteiger partial charge in [0.2, 0.25) is 0 Å². The molecule has 1 aromatic heterocycles. The summed E-state index contributed by atoms with van der Waals surface area (Å²) in [5.41, 5.74) is 0. The predicted octanol–water partition coefficient (Wildman–Crippen LogP) is 3.06. The monoisotopic (exact) mass is 287 g/mol. The third-order valence-corrected chi connectivity index (χ3v) is 3.97. The van der Waals surface area contributed by atoms with E-state index < -0.39 is 0 Å². The van der Waals surface area contributed by atoms with Crippen LogP contribution in [-0.4, -0.2) is 21.4 Å². The average Bonchev–Trinajstić information content (AvgIpc) is 2.78. The van der Waals surface area contributed by atoms with Crippen LogP contribution >= 0.6 is 0 Å². The number of hydrogen-bond donors (Lipinski definition) is 0. The van der Waals surface area contributed by atoms with Gasteiger partial charge in [-0.25, -0.2) is 0 Å². The molecule has 3 rings (SSSR count). The summed E-state index contributed by atoms with van der Waals surface area (Å²) >= 11 is 0. The van der Waals surface area contributed by atoms with E-state index in [9.17, 15) is 0 Å². The molecule has 0 bridgehead atoms. The maximum atomic E-state index is 5.85. The van der Waals surface area contributed by atoms with E-state index in [4.69, 9.17) is 9.47 Å². The van der Waals surface area contributed by atoms with E-state index in [1.807, 2.05) is 38.2 Å². The van der Waals surface area contributed by atoms with Crippen LogP contribution < -0.4 is 9.47 Å². The number of para-hydroxylation sites is 2. The highest BCUT2D eigenvalue weighted by Crippen LogP contribution is 2.35. The van der Waals surface area contributed by atoms with Crippen LogP contribution in [0.4, 0.5) is 0 Å². The normalized spacial score (nSPS) is 14.8. The Bertz CT molecular complexity index is 605. The molecular weight excluding hydrogens is 266 g/mol. The minimum Gasteiger partial charge on any atom is -0.490 e. The topological polar surface area (TPSA) is 49.2 Å². The Balaban J connectivity index is 1.69. The van der Waals surface area contributed by atoms with Gasteiger partial charge < -0.3 is 14.0 Å². The SMILES string of the molecule is CCOc1ccccc1OCc1nnc(C2CCC2)n1C. The summed E-state index contributed by atoms with van der Waals surface area (Å²) < 4.78 is 13.5. The summed E-state index contributed by atoms with van der Waals surface area (Å²) in [6.07, 6.45) is 3.74. The lowest BCUT2D eigenvalue weighted by molar-refractivity contribution is 0.259. The van der Waals surface area contributed by atoms with Crippen LogP contribution in [0.3, 0.4) is 0 Å². The number of aromatic nitrogens is 3. The van der Waals surface area contributed by atoms with E-state index in [0.717, 1.165) is 23.1 Å². The second-order valence-corrected chi connectivity index (χ2v) is 5.33. The van der Waals surface area contributed by atoms with Gasteiger partial charge in [-0.15, -0.1) is 10.2 Å². The van der Waals surface area contributed by atoms with Crippen molar-refractivity contribution in [2.24, 2.45) is 7.05 Å². The van der Waals surface area contributed by atoms with E-state index in [0.29, 0.717) is 19.1 Å². The number of nitrogens with zero attached hydrogens (tertiary/aromatic N) is 3. The molecule has 0 unspecified atom stereocenters. The Morgan fingerprint density at radius 3 is 2.48 bits per heavy atom. The lowest BCUT2D eigenvalue weighted by Crippen LogP contribution is -2.15. The molecule has 1 heterocycles. The fourth-order valence-corrected chi connectivity index (χ4v) is 2.51. The molecule has 0 aliphatic heterocycles. The summed E-state index contributed by atoms with van der Waals surface area (Å²) in [4.78, 5) is 0. The van der Waals surface area contributed by atoms with Gasteiger partial charge in [0.1, 0.15) is 12.4 Å². The van der Waals surface area contributed by atoms with Crippen LogP contribution in [-0.2, 0) is 13.7 Å². The minimum absolute atomic E-state index is 0.403. The highest BCUT2D eigenvalue weighted by molar-refractivity contribution is 5.39. The maximum Gasteiger partial charge on any atom is 0.170 e. The summed E-state index contributed by atoms with van der Waals surface area (Å²) in [5, 5.41) is 8.57. The first-order valence-corrected chi connectivity index (χ1v) is 7.52. The van der Waals surface area contributed by atoms with Gasteiger partial charge in [0.25, 0.3) is 0 Å². The summed E-state index contributed by atoms with van der Waals surface area (Å²) in [6.45, 7) is 2.99. The van der Waals surface area contributed by atoms with Crippen LogP contribution in [0.15, 0.2) is 24.3 Å². The third kappa shape index (κ3) is 2.86. The summed E-state index contributed by atoms with van der Waals surface area (Å²) in [7, 11) is 2.01. The zero-order valence-corrected chi connectivity index (χ0v) is 12.6. The fourth-order valence-electron chi connectivity index (χ4n) is 2.51. The molecule has 0 N–H and O–H groups in total. The molecule has 2 aromatic rings. The van der Waals surface area contributed by atoms with Crippen LogP contribution in [0.25, 0.3) is 0 Å². The molecule has 1 fully saturated rings. The second kappa shape index (κ2) is 6.16. The van der Waals surface area contributed by atoms with Crippen molar-refractivity contribution in [1.82, 2.24) is 14.8 Å². The van der Waals surface area contributed by atoms with Crippen molar-refractivity contribution in [2.75, 3.05) is 6.61 Å². The molecule has 0 atom stereocenters. The van der Waals surface area contributed by atoms with Gasteiger partial charge in [-0.2, -0.15) is 0 Å². The third-order valence-electron chi connectivity index (χ3n) is 3.97. The lowest BCUT2D eigenvalue weighted by atomic mass is 9.85. The number of hydrogen-bond acceptors (Lipinski definition) is 4. The minimum atomic E-state index is 0.403. The zero-order chi connectivity index (χ0) is 14.7. The molecule has 112 valence electrons. The number of benzene rings is 1. The van der Waals surface area contributed by atoms with Crippen molar-refractivity contribution in [3.63, 3.8) is 0 Å². The van der Waals surface area contributed by atoms with Crippen LogP contribution in [0, 0.1) is 0 Å². The Morgan fingerprint density at radius 2 is 1.86 bits per heavy atom. The van der Waals surface area contributed by atoms with Crippen molar-refractivity contribution >= 4 is 0 Å². The molecule has 21 heavy (non-hydrogen) atoms. The van der Waals surface area contributed by atoms with Crippen LogP contribution in [0.5, 0.6) is 11.5 Å². The molecule has 0 radical (unpaired) electrons. The van der Waals surface area contributed by atoms with E-state index in [2.05, 4.69) is 14.8 Å². The van der Waals surface area contributed by atoms with Gasteiger partial charge in [-0.1, -0.05) is 18.6 Å². The van der Waals surface area contributed by atoms with Gasteiger partial charge in [0, 0.05) is 13.0 Å².